The van der Waals surface area contributed by atoms with E-state index in [2.05, 4.69) is 5.32 Å². The zero-order valence-corrected chi connectivity index (χ0v) is 13.7. The minimum absolute atomic E-state index is 0.295. The van der Waals surface area contributed by atoms with Gasteiger partial charge in [-0.3, -0.25) is 4.79 Å². The monoisotopic (exact) mass is 308 g/mol. The predicted molar refractivity (Wildman–Crippen MR) is 83.8 cm³/mol. The van der Waals surface area contributed by atoms with E-state index < -0.39 is 23.6 Å². The van der Waals surface area contributed by atoms with Crippen molar-refractivity contribution >= 4 is 12.0 Å². The Morgan fingerprint density at radius 1 is 1.18 bits per heavy atom. The molecule has 0 heterocycles. The number of primary amides is 1. The highest BCUT2D eigenvalue weighted by Crippen LogP contribution is 2.22. The van der Waals surface area contributed by atoms with Gasteiger partial charge in [-0.25, -0.2) is 4.79 Å². The summed E-state index contributed by atoms with van der Waals surface area (Å²) in [4.78, 5) is 23.5. The number of nitrogens with two attached hydrogens (primary N) is 1. The maximum Gasteiger partial charge on any atom is 0.408 e. The van der Waals surface area contributed by atoms with E-state index in [1.807, 2.05) is 19.1 Å². The average molecular weight is 308 g/mol. The third kappa shape index (κ3) is 5.27. The van der Waals surface area contributed by atoms with Gasteiger partial charge in [-0.05, 0) is 38.5 Å². The van der Waals surface area contributed by atoms with Crippen molar-refractivity contribution in [2.75, 3.05) is 7.11 Å². The van der Waals surface area contributed by atoms with E-state index in [1.165, 1.54) is 0 Å². The Morgan fingerprint density at radius 2 is 1.73 bits per heavy atom. The number of hydrogen-bond donors (Lipinski definition) is 2. The van der Waals surface area contributed by atoms with Crippen LogP contribution in [0.2, 0.25) is 0 Å². The molecular formula is C16H24N2O4. The number of hydrogen-bond acceptors (Lipinski definition) is 4. The SMILES string of the molecule is COc1ccc([C@H](C)[C@H](NC(=O)OC(C)(C)C)C(N)=O)cc1. The zero-order chi connectivity index (χ0) is 16.9. The highest BCUT2D eigenvalue weighted by atomic mass is 16.6. The van der Waals surface area contributed by atoms with Crippen LogP contribution in [0.5, 0.6) is 5.75 Å². The van der Waals surface area contributed by atoms with Crippen LogP contribution in [-0.4, -0.2) is 30.8 Å². The molecule has 0 aliphatic rings. The summed E-state index contributed by atoms with van der Waals surface area (Å²) in [5, 5.41) is 2.53. The molecule has 0 fully saturated rings. The Morgan fingerprint density at radius 3 is 2.14 bits per heavy atom. The maximum absolute atomic E-state index is 11.8. The molecule has 0 aromatic heterocycles. The number of rotatable bonds is 5. The zero-order valence-electron chi connectivity index (χ0n) is 13.7. The number of carbonyl (C=O) groups is 2. The first-order valence-corrected chi connectivity index (χ1v) is 7.07. The Hall–Kier alpha value is -2.24. The largest absolute Gasteiger partial charge is 0.497 e. The van der Waals surface area contributed by atoms with Gasteiger partial charge in [0.25, 0.3) is 0 Å². The van der Waals surface area contributed by atoms with Crippen molar-refractivity contribution < 1.29 is 19.1 Å². The smallest absolute Gasteiger partial charge is 0.408 e. The van der Waals surface area contributed by atoms with Crippen LogP contribution in [0.25, 0.3) is 0 Å². The van der Waals surface area contributed by atoms with E-state index in [-0.39, 0.29) is 5.92 Å². The third-order valence-corrected chi connectivity index (χ3v) is 3.12. The molecule has 3 N–H and O–H groups in total. The van der Waals surface area contributed by atoms with Gasteiger partial charge < -0.3 is 20.5 Å². The summed E-state index contributed by atoms with van der Waals surface area (Å²) in [7, 11) is 1.58. The first-order valence-electron chi connectivity index (χ1n) is 7.07. The minimum Gasteiger partial charge on any atom is -0.497 e. The van der Waals surface area contributed by atoms with E-state index in [0.29, 0.717) is 5.75 Å². The van der Waals surface area contributed by atoms with Crippen LogP contribution in [0.4, 0.5) is 4.79 Å². The molecule has 0 aliphatic heterocycles. The fraction of sp³-hybridized carbons (Fsp3) is 0.500. The lowest BCUT2D eigenvalue weighted by molar-refractivity contribution is -0.120. The molecule has 0 bridgehead atoms. The van der Waals surface area contributed by atoms with E-state index in [9.17, 15) is 9.59 Å². The molecule has 1 aromatic rings. The molecular weight excluding hydrogens is 284 g/mol. The fourth-order valence-electron chi connectivity index (χ4n) is 1.98. The van der Waals surface area contributed by atoms with Crippen molar-refractivity contribution in [3.8, 4) is 5.75 Å². The van der Waals surface area contributed by atoms with Crippen molar-refractivity contribution in [2.45, 2.75) is 45.3 Å². The van der Waals surface area contributed by atoms with E-state index in [1.54, 1.807) is 40.0 Å². The van der Waals surface area contributed by atoms with E-state index >= 15 is 0 Å². The van der Waals surface area contributed by atoms with Crippen LogP contribution in [0.1, 0.15) is 39.2 Å². The van der Waals surface area contributed by atoms with Crippen molar-refractivity contribution in [1.82, 2.24) is 5.32 Å². The summed E-state index contributed by atoms with van der Waals surface area (Å²) in [5.41, 5.74) is 5.63. The summed E-state index contributed by atoms with van der Waals surface area (Å²) in [5.74, 6) is -0.197. The molecule has 122 valence electrons. The number of methoxy groups -OCH3 is 1. The number of alkyl carbamates (subject to hydrolysis) is 1. The normalized spacial score (nSPS) is 13.9. The van der Waals surface area contributed by atoms with E-state index in [0.717, 1.165) is 5.56 Å². The molecule has 0 unspecified atom stereocenters. The molecule has 1 aromatic carbocycles. The second kappa shape index (κ2) is 7.15. The summed E-state index contributed by atoms with van der Waals surface area (Å²) >= 11 is 0. The maximum atomic E-state index is 11.8. The second-order valence-electron chi connectivity index (χ2n) is 6.09. The topological polar surface area (TPSA) is 90.7 Å². The number of amides is 2. The quantitative estimate of drug-likeness (QED) is 0.872. The predicted octanol–water partition coefficient (Wildman–Crippen LogP) is 2.18. The number of nitrogens with one attached hydrogen (secondary N) is 1. The standard InChI is InChI=1S/C16H24N2O4/c1-10(11-6-8-12(21-5)9-7-11)13(14(17)19)18-15(20)22-16(2,3)4/h6-10,13H,1-5H3,(H2,17,19)(H,18,20)/t10-,13-/m0/s1. The summed E-state index contributed by atoms with van der Waals surface area (Å²) < 4.78 is 10.3. The number of benzene rings is 1. The van der Waals surface area contributed by atoms with Gasteiger partial charge in [0.15, 0.2) is 0 Å². The Labute approximate surface area is 131 Å². The molecule has 0 aliphatic carbocycles. The average Bonchev–Trinajstić information content (AvgIpc) is 2.42. The Bertz CT molecular complexity index is 520. The van der Waals surface area contributed by atoms with Gasteiger partial charge >= 0.3 is 6.09 Å². The first kappa shape index (κ1) is 17.8. The minimum atomic E-state index is -0.858. The molecule has 1 rings (SSSR count). The third-order valence-electron chi connectivity index (χ3n) is 3.12. The van der Waals surface area contributed by atoms with Crippen LogP contribution in [-0.2, 0) is 9.53 Å². The number of carbonyl (C=O) groups excluding carboxylic acids is 2. The molecule has 0 saturated heterocycles. The van der Waals surface area contributed by atoms with Gasteiger partial charge in [-0.15, -0.1) is 0 Å². The lowest BCUT2D eigenvalue weighted by atomic mass is 9.93. The summed E-state index contributed by atoms with van der Waals surface area (Å²) in [6, 6.07) is 6.38. The molecule has 2 amide bonds. The van der Waals surface area contributed by atoms with Crippen LogP contribution in [0.3, 0.4) is 0 Å². The molecule has 0 radical (unpaired) electrons. The van der Waals surface area contributed by atoms with Gasteiger partial charge in [0.1, 0.15) is 17.4 Å². The summed E-state index contributed by atoms with van der Waals surface area (Å²) in [6.07, 6.45) is -0.670. The van der Waals surface area contributed by atoms with Crippen LogP contribution < -0.4 is 15.8 Å². The van der Waals surface area contributed by atoms with E-state index in [4.69, 9.17) is 15.2 Å². The van der Waals surface area contributed by atoms with Gasteiger partial charge in [0, 0.05) is 5.92 Å². The molecule has 0 spiro atoms. The lowest BCUT2D eigenvalue weighted by Crippen LogP contribution is -2.49. The van der Waals surface area contributed by atoms with Crippen molar-refractivity contribution in [3.63, 3.8) is 0 Å². The molecule has 0 saturated carbocycles. The first-order chi connectivity index (χ1) is 10.1. The molecule has 6 nitrogen and oxygen atoms in total. The highest BCUT2D eigenvalue weighted by Gasteiger charge is 2.28. The molecule has 6 heteroatoms. The lowest BCUT2D eigenvalue weighted by Gasteiger charge is -2.25. The van der Waals surface area contributed by atoms with Crippen molar-refractivity contribution in [2.24, 2.45) is 5.73 Å². The number of ether oxygens (including phenoxy) is 2. The summed E-state index contributed by atoms with van der Waals surface area (Å²) in [6.45, 7) is 7.06. The van der Waals surface area contributed by atoms with Gasteiger partial charge in [-0.2, -0.15) is 0 Å². The van der Waals surface area contributed by atoms with Gasteiger partial charge in [0.2, 0.25) is 5.91 Å². The van der Waals surface area contributed by atoms with Gasteiger partial charge in [-0.1, -0.05) is 19.1 Å². The highest BCUT2D eigenvalue weighted by molar-refractivity contribution is 5.85. The molecule has 2 atom stereocenters. The second-order valence-corrected chi connectivity index (χ2v) is 6.09. The van der Waals surface area contributed by atoms with Crippen molar-refractivity contribution in [1.29, 1.82) is 0 Å². The van der Waals surface area contributed by atoms with Crippen molar-refractivity contribution in [3.05, 3.63) is 29.8 Å². The van der Waals surface area contributed by atoms with Gasteiger partial charge in [0.05, 0.1) is 7.11 Å². The Kier molecular flexibility index (Phi) is 5.79. The Balaban J connectivity index is 2.85. The van der Waals surface area contributed by atoms with Crippen LogP contribution in [0.15, 0.2) is 24.3 Å². The van der Waals surface area contributed by atoms with Crippen LogP contribution in [0, 0.1) is 0 Å². The van der Waals surface area contributed by atoms with Crippen LogP contribution >= 0.6 is 0 Å². The molecule has 22 heavy (non-hydrogen) atoms. The fourth-order valence-corrected chi connectivity index (χ4v) is 1.98.